The molecule has 0 aliphatic heterocycles. The largest absolute Gasteiger partial charge is 0.311 e. The molecule has 1 atom stereocenters. The van der Waals surface area contributed by atoms with E-state index in [1.165, 1.54) is 0 Å². The Morgan fingerprint density at radius 1 is 1.33 bits per heavy atom. The van der Waals surface area contributed by atoms with E-state index >= 15 is 0 Å². The molecule has 6 heteroatoms. The third kappa shape index (κ3) is 7.02. The highest BCUT2D eigenvalue weighted by Gasteiger charge is 2.13. The normalized spacial score (nSPS) is 13.3. The summed E-state index contributed by atoms with van der Waals surface area (Å²) in [4.78, 5) is 4.72. The number of hydrogen-bond donors (Lipinski definition) is 1. The number of hydrogen-bond acceptors (Lipinski definition) is 5. The lowest BCUT2D eigenvalue weighted by molar-refractivity contribution is 0.173. The first-order chi connectivity index (χ1) is 10.1. The van der Waals surface area contributed by atoms with Gasteiger partial charge in [0.1, 0.15) is 0 Å². The fourth-order valence-electron chi connectivity index (χ4n) is 2.49. The molecule has 1 aromatic rings. The smallest absolute Gasteiger partial charge is 0.0964 e. The van der Waals surface area contributed by atoms with Gasteiger partial charge < -0.3 is 10.2 Å². The van der Waals surface area contributed by atoms with Gasteiger partial charge in [-0.3, -0.25) is 9.58 Å². The molecule has 1 aromatic heterocycles. The third-order valence-corrected chi connectivity index (χ3v) is 3.59. The van der Waals surface area contributed by atoms with E-state index in [9.17, 15) is 0 Å². The molecule has 0 amide bonds. The van der Waals surface area contributed by atoms with Crippen molar-refractivity contribution >= 4 is 0 Å². The van der Waals surface area contributed by atoms with Crippen molar-refractivity contribution in [2.45, 2.75) is 46.3 Å². The van der Waals surface area contributed by atoms with E-state index in [4.69, 9.17) is 0 Å². The molecule has 1 rings (SSSR count). The standard InChI is InChI=1S/C15H32N6/c1-6-8-16-11-15-13-21(18-17-15)10-9-20(7-2)14(3)12-19(4)5/h13-14,16H,6-12H2,1-5H3. The summed E-state index contributed by atoms with van der Waals surface area (Å²) in [5, 5.41) is 11.8. The van der Waals surface area contributed by atoms with E-state index in [1.54, 1.807) is 0 Å². The van der Waals surface area contributed by atoms with Gasteiger partial charge in [-0.25, -0.2) is 0 Å². The molecule has 6 nitrogen and oxygen atoms in total. The molecule has 0 aliphatic carbocycles. The number of rotatable bonds is 11. The minimum Gasteiger partial charge on any atom is -0.311 e. The van der Waals surface area contributed by atoms with Crippen LogP contribution in [0.1, 0.15) is 32.9 Å². The van der Waals surface area contributed by atoms with E-state index < -0.39 is 0 Å². The van der Waals surface area contributed by atoms with Crippen LogP contribution in [0.2, 0.25) is 0 Å². The fraction of sp³-hybridized carbons (Fsp3) is 0.867. The second-order valence-electron chi connectivity index (χ2n) is 5.89. The van der Waals surface area contributed by atoms with Crippen LogP contribution in [0.4, 0.5) is 0 Å². The summed E-state index contributed by atoms with van der Waals surface area (Å²) in [5.41, 5.74) is 1.02. The Morgan fingerprint density at radius 3 is 2.71 bits per heavy atom. The molecule has 0 radical (unpaired) electrons. The zero-order valence-electron chi connectivity index (χ0n) is 14.3. The van der Waals surface area contributed by atoms with Crippen molar-refractivity contribution < 1.29 is 0 Å². The minimum atomic E-state index is 0.555. The van der Waals surface area contributed by atoms with Gasteiger partial charge in [-0.2, -0.15) is 0 Å². The van der Waals surface area contributed by atoms with Gasteiger partial charge in [-0.15, -0.1) is 5.10 Å². The summed E-state index contributed by atoms with van der Waals surface area (Å²) in [6.45, 7) is 12.5. The highest BCUT2D eigenvalue weighted by molar-refractivity contribution is 4.91. The van der Waals surface area contributed by atoms with Crippen molar-refractivity contribution in [3.8, 4) is 0 Å². The summed E-state index contributed by atoms with van der Waals surface area (Å²) in [6, 6.07) is 0.555. The fourth-order valence-corrected chi connectivity index (χ4v) is 2.49. The van der Waals surface area contributed by atoms with Crippen LogP contribution >= 0.6 is 0 Å². The molecule has 0 fully saturated rings. The Labute approximate surface area is 129 Å². The van der Waals surface area contributed by atoms with Crippen molar-refractivity contribution in [1.29, 1.82) is 0 Å². The first-order valence-corrected chi connectivity index (χ1v) is 8.05. The van der Waals surface area contributed by atoms with Crippen molar-refractivity contribution in [1.82, 2.24) is 30.1 Å². The van der Waals surface area contributed by atoms with E-state index in [0.29, 0.717) is 6.04 Å². The zero-order chi connectivity index (χ0) is 15.7. The van der Waals surface area contributed by atoms with Crippen molar-refractivity contribution in [3.63, 3.8) is 0 Å². The van der Waals surface area contributed by atoms with Crippen LogP contribution in [-0.2, 0) is 13.1 Å². The molecule has 0 saturated heterocycles. The molecule has 0 aromatic carbocycles. The minimum absolute atomic E-state index is 0.555. The highest BCUT2D eigenvalue weighted by Crippen LogP contribution is 2.01. The Bertz CT molecular complexity index is 376. The molecule has 1 unspecified atom stereocenters. The molecule has 1 heterocycles. The van der Waals surface area contributed by atoms with Crippen LogP contribution in [0.15, 0.2) is 6.20 Å². The molecule has 0 spiro atoms. The van der Waals surface area contributed by atoms with E-state index in [2.05, 4.69) is 60.3 Å². The number of aromatic nitrogens is 3. The highest BCUT2D eigenvalue weighted by atomic mass is 15.4. The molecule has 1 N–H and O–H groups in total. The van der Waals surface area contributed by atoms with Crippen molar-refractivity contribution in [2.75, 3.05) is 40.3 Å². The Hall–Kier alpha value is -0.980. The predicted octanol–water partition coefficient (Wildman–Crippen LogP) is 1.05. The van der Waals surface area contributed by atoms with Crippen molar-refractivity contribution in [2.24, 2.45) is 0 Å². The third-order valence-electron chi connectivity index (χ3n) is 3.59. The quantitative estimate of drug-likeness (QED) is 0.619. The molecular formula is C15H32N6. The van der Waals surface area contributed by atoms with Gasteiger partial charge in [0, 0.05) is 31.9 Å². The van der Waals surface area contributed by atoms with Gasteiger partial charge in [0.25, 0.3) is 0 Å². The van der Waals surface area contributed by atoms with Gasteiger partial charge in [-0.1, -0.05) is 19.1 Å². The first-order valence-electron chi connectivity index (χ1n) is 8.05. The maximum Gasteiger partial charge on any atom is 0.0964 e. The topological polar surface area (TPSA) is 49.2 Å². The Morgan fingerprint density at radius 2 is 2.10 bits per heavy atom. The lowest BCUT2D eigenvalue weighted by Crippen LogP contribution is -2.41. The number of nitrogens with zero attached hydrogens (tertiary/aromatic N) is 5. The van der Waals surface area contributed by atoms with Crippen LogP contribution in [0, 0.1) is 0 Å². The SMILES string of the molecule is CCCNCc1cn(CCN(CC)C(C)CN(C)C)nn1. The number of likely N-dealkylation sites (N-methyl/N-ethyl adjacent to an activating group) is 2. The molecule has 0 aliphatic rings. The average Bonchev–Trinajstić information content (AvgIpc) is 2.87. The van der Waals surface area contributed by atoms with Crippen LogP contribution in [-0.4, -0.2) is 71.1 Å². The average molecular weight is 296 g/mol. The van der Waals surface area contributed by atoms with Gasteiger partial charge in [0.2, 0.25) is 0 Å². The summed E-state index contributed by atoms with van der Waals surface area (Å²) in [6.07, 6.45) is 3.19. The van der Waals surface area contributed by atoms with Crippen LogP contribution < -0.4 is 5.32 Å². The lowest BCUT2D eigenvalue weighted by atomic mass is 10.2. The summed E-state index contributed by atoms with van der Waals surface area (Å²) in [7, 11) is 4.24. The van der Waals surface area contributed by atoms with Crippen LogP contribution in [0.25, 0.3) is 0 Å². The molecule has 0 saturated carbocycles. The second-order valence-corrected chi connectivity index (χ2v) is 5.89. The monoisotopic (exact) mass is 296 g/mol. The maximum atomic E-state index is 4.21. The van der Waals surface area contributed by atoms with Gasteiger partial charge >= 0.3 is 0 Å². The molecule has 122 valence electrons. The molecule has 0 bridgehead atoms. The lowest BCUT2D eigenvalue weighted by Gasteiger charge is -2.29. The maximum absolute atomic E-state index is 4.21. The van der Waals surface area contributed by atoms with Gasteiger partial charge in [0.05, 0.1) is 12.2 Å². The molecule has 21 heavy (non-hydrogen) atoms. The van der Waals surface area contributed by atoms with Gasteiger partial charge in [0.15, 0.2) is 0 Å². The van der Waals surface area contributed by atoms with E-state index in [1.807, 2.05) is 10.9 Å². The summed E-state index contributed by atoms with van der Waals surface area (Å²) in [5.74, 6) is 0. The van der Waals surface area contributed by atoms with E-state index in [0.717, 1.165) is 51.4 Å². The zero-order valence-corrected chi connectivity index (χ0v) is 14.3. The molecular weight excluding hydrogens is 264 g/mol. The predicted molar refractivity (Wildman–Crippen MR) is 87.3 cm³/mol. The van der Waals surface area contributed by atoms with Crippen LogP contribution in [0.5, 0.6) is 0 Å². The van der Waals surface area contributed by atoms with Crippen LogP contribution in [0.3, 0.4) is 0 Å². The summed E-state index contributed by atoms with van der Waals surface area (Å²) >= 11 is 0. The number of nitrogens with one attached hydrogen (secondary N) is 1. The Balaban J connectivity index is 2.38. The Kier molecular flexibility index (Phi) is 8.49. The van der Waals surface area contributed by atoms with Crippen molar-refractivity contribution in [3.05, 3.63) is 11.9 Å². The van der Waals surface area contributed by atoms with E-state index in [-0.39, 0.29) is 0 Å². The van der Waals surface area contributed by atoms with Gasteiger partial charge in [-0.05, 0) is 40.5 Å². The first kappa shape index (κ1) is 18.1. The second kappa shape index (κ2) is 9.87. The summed E-state index contributed by atoms with van der Waals surface area (Å²) < 4.78 is 1.95.